The molecular weight excluding hydrogens is 330 g/mol. The van der Waals surface area contributed by atoms with Gasteiger partial charge in [-0.05, 0) is 25.8 Å². The highest BCUT2D eigenvalue weighted by atomic mass is 16.6. The monoisotopic (exact) mass is 347 g/mol. The lowest BCUT2D eigenvalue weighted by atomic mass is 9.92. The molecule has 1 heterocycles. The van der Waals surface area contributed by atoms with Crippen molar-refractivity contribution < 1.29 is 9.72 Å². The molecule has 0 bridgehead atoms. The second-order valence-corrected chi connectivity index (χ2v) is 6.45. The number of nitro benzene ring substituents is 1. The summed E-state index contributed by atoms with van der Waals surface area (Å²) in [7, 11) is 0. The molecule has 1 aromatic heterocycles. The molecular formula is C20H17N3O3. The standard InChI is InChI=1S/C20H17N3O3/c1-13-10-11-15(12-17(13)23(25)26)22-16-8-5-9-18(24)19(16)20(21-22)14-6-3-2-4-7-14/h2-4,6-7,10-12H,5,8-9H2,1H3. The number of fused-ring (bicyclic) bond motifs is 1. The van der Waals surface area contributed by atoms with E-state index in [4.69, 9.17) is 0 Å². The van der Waals surface area contributed by atoms with Crippen molar-refractivity contribution in [2.75, 3.05) is 0 Å². The van der Waals surface area contributed by atoms with Gasteiger partial charge in [0.15, 0.2) is 5.78 Å². The van der Waals surface area contributed by atoms with Crippen molar-refractivity contribution in [1.29, 1.82) is 0 Å². The zero-order chi connectivity index (χ0) is 18.3. The molecule has 130 valence electrons. The Kier molecular flexibility index (Phi) is 3.88. The summed E-state index contributed by atoms with van der Waals surface area (Å²) in [6.07, 6.45) is 1.99. The number of benzene rings is 2. The molecule has 2 aromatic carbocycles. The van der Waals surface area contributed by atoms with Crippen LogP contribution in [0.2, 0.25) is 0 Å². The molecule has 0 radical (unpaired) electrons. The van der Waals surface area contributed by atoms with Crippen molar-refractivity contribution in [1.82, 2.24) is 9.78 Å². The van der Waals surface area contributed by atoms with E-state index in [1.807, 2.05) is 36.4 Å². The average molecular weight is 347 g/mol. The Labute approximate surface area is 150 Å². The minimum atomic E-state index is -0.391. The lowest BCUT2D eigenvalue weighted by Gasteiger charge is -2.13. The number of carbonyl (C=O) groups is 1. The molecule has 0 unspecified atom stereocenters. The van der Waals surface area contributed by atoms with Gasteiger partial charge >= 0.3 is 0 Å². The fourth-order valence-electron chi connectivity index (χ4n) is 3.46. The molecule has 0 saturated heterocycles. The van der Waals surface area contributed by atoms with Crippen LogP contribution in [0.25, 0.3) is 16.9 Å². The van der Waals surface area contributed by atoms with Gasteiger partial charge < -0.3 is 0 Å². The molecule has 4 rings (SSSR count). The van der Waals surface area contributed by atoms with Gasteiger partial charge in [-0.15, -0.1) is 0 Å². The number of hydrogen-bond acceptors (Lipinski definition) is 4. The number of Topliss-reactive ketones (excluding diaryl/α,β-unsaturated/α-hetero) is 1. The third-order valence-corrected chi connectivity index (χ3v) is 4.76. The zero-order valence-corrected chi connectivity index (χ0v) is 14.3. The van der Waals surface area contributed by atoms with Crippen LogP contribution in [0.15, 0.2) is 48.5 Å². The number of aromatic nitrogens is 2. The number of rotatable bonds is 3. The molecule has 0 N–H and O–H groups in total. The van der Waals surface area contributed by atoms with Crippen LogP contribution in [0.5, 0.6) is 0 Å². The molecule has 1 aliphatic carbocycles. The third kappa shape index (κ3) is 2.60. The van der Waals surface area contributed by atoms with Crippen LogP contribution in [-0.4, -0.2) is 20.5 Å². The highest BCUT2D eigenvalue weighted by Gasteiger charge is 2.28. The van der Waals surface area contributed by atoms with Gasteiger partial charge in [-0.1, -0.05) is 36.4 Å². The third-order valence-electron chi connectivity index (χ3n) is 4.76. The van der Waals surface area contributed by atoms with E-state index < -0.39 is 4.92 Å². The van der Waals surface area contributed by atoms with Crippen LogP contribution in [0.3, 0.4) is 0 Å². The number of ketones is 1. The Hall–Kier alpha value is -3.28. The molecule has 0 saturated carbocycles. The Balaban J connectivity index is 1.95. The van der Waals surface area contributed by atoms with E-state index in [0.717, 1.165) is 24.1 Å². The zero-order valence-electron chi connectivity index (χ0n) is 14.3. The predicted molar refractivity (Wildman–Crippen MR) is 97.7 cm³/mol. The highest BCUT2D eigenvalue weighted by Crippen LogP contribution is 2.33. The summed E-state index contributed by atoms with van der Waals surface area (Å²) in [6, 6.07) is 14.6. The van der Waals surface area contributed by atoms with Crippen molar-refractivity contribution in [3.8, 4) is 16.9 Å². The maximum Gasteiger partial charge on any atom is 0.274 e. The SMILES string of the molecule is Cc1ccc(-n2nc(-c3ccccc3)c3c2CCCC3=O)cc1[N+](=O)[O-]. The lowest BCUT2D eigenvalue weighted by Crippen LogP contribution is -2.13. The molecule has 0 fully saturated rings. The van der Waals surface area contributed by atoms with E-state index >= 15 is 0 Å². The van der Waals surface area contributed by atoms with E-state index in [-0.39, 0.29) is 11.5 Å². The van der Waals surface area contributed by atoms with Crippen LogP contribution in [0.1, 0.15) is 34.5 Å². The van der Waals surface area contributed by atoms with E-state index in [1.165, 1.54) is 6.07 Å². The van der Waals surface area contributed by atoms with E-state index in [9.17, 15) is 14.9 Å². The Morgan fingerprint density at radius 1 is 1.12 bits per heavy atom. The first kappa shape index (κ1) is 16.2. The molecule has 6 nitrogen and oxygen atoms in total. The number of carbonyl (C=O) groups excluding carboxylic acids is 1. The van der Waals surface area contributed by atoms with Gasteiger partial charge in [-0.2, -0.15) is 5.10 Å². The Bertz CT molecular complexity index is 1020. The second kappa shape index (κ2) is 6.22. The summed E-state index contributed by atoms with van der Waals surface area (Å²) in [5.74, 6) is 0.0814. The fraction of sp³-hybridized carbons (Fsp3) is 0.200. The van der Waals surface area contributed by atoms with Gasteiger partial charge in [-0.3, -0.25) is 14.9 Å². The van der Waals surface area contributed by atoms with Crippen molar-refractivity contribution in [3.05, 3.63) is 75.5 Å². The van der Waals surface area contributed by atoms with Crippen LogP contribution >= 0.6 is 0 Å². The van der Waals surface area contributed by atoms with Crippen LogP contribution in [-0.2, 0) is 6.42 Å². The quantitative estimate of drug-likeness (QED) is 0.523. The Morgan fingerprint density at radius 2 is 1.88 bits per heavy atom. The van der Waals surface area contributed by atoms with E-state index in [2.05, 4.69) is 5.10 Å². The maximum atomic E-state index is 12.6. The second-order valence-electron chi connectivity index (χ2n) is 6.45. The van der Waals surface area contributed by atoms with Gasteiger partial charge in [0.05, 0.1) is 21.9 Å². The molecule has 0 aliphatic heterocycles. The minimum Gasteiger partial charge on any atom is -0.294 e. The summed E-state index contributed by atoms with van der Waals surface area (Å²) in [5.41, 5.74) is 4.25. The summed E-state index contributed by atoms with van der Waals surface area (Å²) >= 11 is 0. The molecule has 0 spiro atoms. The average Bonchev–Trinajstić information content (AvgIpc) is 3.04. The van der Waals surface area contributed by atoms with Crippen molar-refractivity contribution in [3.63, 3.8) is 0 Å². The number of aryl methyl sites for hydroxylation is 1. The van der Waals surface area contributed by atoms with Gasteiger partial charge in [0, 0.05) is 23.6 Å². The number of hydrogen-bond donors (Lipinski definition) is 0. The first-order chi connectivity index (χ1) is 12.6. The first-order valence-corrected chi connectivity index (χ1v) is 8.52. The lowest BCUT2D eigenvalue weighted by molar-refractivity contribution is -0.385. The van der Waals surface area contributed by atoms with Gasteiger partial charge in [0.25, 0.3) is 5.69 Å². The van der Waals surface area contributed by atoms with Gasteiger partial charge in [-0.25, -0.2) is 4.68 Å². The molecule has 3 aromatic rings. The normalized spacial score (nSPS) is 13.5. The van der Waals surface area contributed by atoms with Gasteiger partial charge in [0.2, 0.25) is 0 Å². The van der Waals surface area contributed by atoms with Gasteiger partial charge in [0.1, 0.15) is 5.69 Å². The van der Waals surface area contributed by atoms with Crippen LogP contribution in [0.4, 0.5) is 5.69 Å². The van der Waals surface area contributed by atoms with Crippen molar-refractivity contribution >= 4 is 11.5 Å². The molecule has 26 heavy (non-hydrogen) atoms. The molecule has 1 aliphatic rings. The fourth-order valence-corrected chi connectivity index (χ4v) is 3.46. The van der Waals surface area contributed by atoms with Crippen LogP contribution in [0, 0.1) is 17.0 Å². The largest absolute Gasteiger partial charge is 0.294 e. The van der Waals surface area contributed by atoms with Crippen molar-refractivity contribution in [2.24, 2.45) is 0 Å². The summed E-state index contributed by atoms with van der Waals surface area (Å²) in [4.78, 5) is 23.5. The number of nitro groups is 1. The predicted octanol–water partition coefficient (Wildman–Crippen LogP) is 4.27. The topological polar surface area (TPSA) is 78.0 Å². The smallest absolute Gasteiger partial charge is 0.274 e. The van der Waals surface area contributed by atoms with E-state index in [1.54, 1.807) is 17.7 Å². The molecule has 6 heteroatoms. The molecule has 0 amide bonds. The Morgan fingerprint density at radius 3 is 2.62 bits per heavy atom. The number of nitrogens with zero attached hydrogens (tertiary/aromatic N) is 3. The van der Waals surface area contributed by atoms with Crippen molar-refractivity contribution in [2.45, 2.75) is 26.2 Å². The summed E-state index contributed by atoms with van der Waals surface area (Å²) in [6.45, 7) is 1.71. The highest BCUT2D eigenvalue weighted by molar-refractivity contribution is 6.03. The first-order valence-electron chi connectivity index (χ1n) is 8.52. The van der Waals surface area contributed by atoms with Crippen LogP contribution < -0.4 is 0 Å². The van der Waals surface area contributed by atoms with E-state index in [0.29, 0.717) is 28.9 Å². The minimum absolute atomic E-state index is 0.0511. The summed E-state index contributed by atoms with van der Waals surface area (Å²) in [5, 5.41) is 16.0. The molecule has 0 atom stereocenters. The summed E-state index contributed by atoms with van der Waals surface area (Å²) < 4.78 is 1.70. The maximum absolute atomic E-state index is 12.6.